The minimum Gasteiger partial charge on any atom is -0.350 e. The number of benzene rings is 3. The van der Waals surface area contributed by atoms with Crippen LogP contribution in [-0.2, 0) is 4.79 Å². The lowest BCUT2D eigenvalue weighted by molar-refractivity contribution is -0.133. The summed E-state index contributed by atoms with van der Waals surface area (Å²) in [5, 5.41) is 9.34. The molecule has 0 aliphatic carbocycles. The van der Waals surface area contributed by atoms with Crippen LogP contribution in [0.5, 0.6) is 0 Å². The number of hydrogen-bond donors (Lipinski definition) is 3. The predicted molar refractivity (Wildman–Crippen MR) is 142 cm³/mol. The minimum atomic E-state index is -0.359. The molecular weight excluding hydrogens is 460 g/mol. The van der Waals surface area contributed by atoms with Gasteiger partial charge in [-0.2, -0.15) is 0 Å². The Labute approximate surface area is 211 Å². The van der Waals surface area contributed by atoms with Crippen LogP contribution < -0.4 is 16.4 Å². The molecule has 0 aromatic heterocycles. The maximum Gasteiger partial charge on any atom is 0.251 e. The first-order valence-corrected chi connectivity index (χ1v) is 12.6. The molecule has 1 saturated heterocycles. The largest absolute Gasteiger partial charge is 0.350 e. The van der Waals surface area contributed by atoms with Gasteiger partial charge in [0.15, 0.2) is 0 Å². The third kappa shape index (κ3) is 6.40. The van der Waals surface area contributed by atoms with E-state index in [2.05, 4.69) is 17.6 Å². The third-order valence-corrected chi connectivity index (χ3v) is 6.96. The van der Waals surface area contributed by atoms with Gasteiger partial charge in [0.1, 0.15) is 0 Å². The van der Waals surface area contributed by atoms with E-state index in [-0.39, 0.29) is 29.8 Å². The van der Waals surface area contributed by atoms with E-state index in [0.29, 0.717) is 43.2 Å². The van der Waals surface area contributed by atoms with Crippen molar-refractivity contribution in [1.29, 1.82) is 0 Å². The molecule has 0 unspecified atom stereocenters. The summed E-state index contributed by atoms with van der Waals surface area (Å²) in [5.74, 6) is 0.134. The average molecular weight is 493 g/mol. The lowest BCUT2D eigenvalue weighted by atomic mass is 10.00. The Hall–Kier alpha value is -2.93. The first kappa shape index (κ1) is 25.2. The topological polar surface area (TPSA) is 87.5 Å². The van der Waals surface area contributed by atoms with Crippen molar-refractivity contribution in [3.8, 4) is 0 Å². The van der Waals surface area contributed by atoms with Crippen LogP contribution in [0, 0.1) is 0 Å². The van der Waals surface area contributed by atoms with Crippen LogP contribution in [-0.4, -0.2) is 55.0 Å². The SMILES string of the molecule is C[C@@H](CN1CC[C@@H](CNC(=O)c2ccc3ccccc3c2)N[C@@H](CCN)C1=O)c1ccc(Cl)cc1. The Morgan fingerprint density at radius 3 is 2.63 bits per heavy atom. The van der Waals surface area contributed by atoms with Crippen molar-refractivity contribution in [3.63, 3.8) is 0 Å². The third-order valence-electron chi connectivity index (χ3n) is 6.70. The highest BCUT2D eigenvalue weighted by molar-refractivity contribution is 6.30. The summed E-state index contributed by atoms with van der Waals surface area (Å²) in [7, 11) is 0. The Kier molecular flexibility index (Phi) is 8.39. The van der Waals surface area contributed by atoms with Crippen LogP contribution in [0.1, 0.15) is 41.6 Å². The number of nitrogens with two attached hydrogens (primary N) is 1. The highest BCUT2D eigenvalue weighted by Crippen LogP contribution is 2.21. The van der Waals surface area contributed by atoms with E-state index in [4.69, 9.17) is 17.3 Å². The second kappa shape index (κ2) is 11.7. The number of hydrogen-bond acceptors (Lipinski definition) is 4. The standard InChI is InChI=1S/C28H33ClN4O2/c1-19(20-8-10-24(29)11-9-20)18-33-15-13-25(32-26(12-14-30)28(33)35)17-31-27(34)23-7-6-21-4-2-3-5-22(21)16-23/h2-11,16,19,25-26,32H,12-15,17-18,30H2,1H3,(H,31,34)/t19-,25-,26-/m0/s1. The van der Waals surface area contributed by atoms with Gasteiger partial charge < -0.3 is 21.3 Å². The summed E-state index contributed by atoms with van der Waals surface area (Å²) >= 11 is 6.03. The first-order valence-electron chi connectivity index (χ1n) is 12.2. The normalized spacial score (nSPS) is 19.4. The molecule has 4 rings (SSSR count). The zero-order valence-electron chi connectivity index (χ0n) is 20.0. The summed E-state index contributed by atoms with van der Waals surface area (Å²) in [6, 6.07) is 21.1. The molecule has 1 fully saturated rings. The van der Waals surface area contributed by atoms with E-state index in [9.17, 15) is 9.59 Å². The molecule has 0 spiro atoms. The van der Waals surface area contributed by atoms with Crippen molar-refractivity contribution in [2.75, 3.05) is 26.2 Å². The van der Waals surface area contributed by atoms with E-state index in [0.717, 1.165) is 22.8 Å². The highest BCUT2D eigenvalue weighted by Gasteiger charge is 2.31. The molecule has 3 atom stereocenters. The molecule has 184 valence electrons. The Bertz CT molecular complexity index is 1170. The fourth-order valence-electron chi connectivity index (χ4n) is 4.67. The van der Waals surface area contributed by atoms with Crippen LogP contribution in [0.2, 0.25) is 5.02 Å². The lowest BCUT2D eigenvalue weighted by Gasteiger charge is -2.27. The zero-order valence-corrected chi connectivity index (χ0v) is 20.8. The number of carbonyl (C=O) groups is 2. The van der Waals surface area contributed by atoms with E-state index >= 15 is 0 Å². The number of carbonyl (C=O) groups excluding carboxylic acids is 2. The van der Waals surface area contributed by atoms with Gasteiger partial charge in [-0.25, -0.2) is 0 Å². The van der Waals surface area contributed by atoms with Gasteiger partial charge >= 0.3 is 0 Å². The number of nitrogens with zero attached hydrogens (tertiary/aromatic N) is 1. The first-order chi connectivity index (χ1) is 16.9. The Morgan fingerprint density at radius 2 is 1.89 bits per heavy atom. The predicted octanol–water partition coefficient (Wildman–Crippen LogP) is 3.93. The fourth-order valence-corrected chi connectivity index (χ4v) is 4.80. The average Bonchev–Trinajstić information content (AvgIpc) is 3.01. The molecule has 1 aliphatic rings. The fraction of sp³-hybridized carbons (Fsp3) is 0.357. The Morgan fingerprint density at radius 1 is 1.14 bits per heavy atom. The van der Waals surface area contributed by atoms with Crippen molar-refractivity contribution in [3.05, 3.63) is 82.9 Å². The van der Waals surface area contributed by atoms with Crippen molar-refractivity contribution in [2.45, 2.75) is 37.8 Å². The Balaban J connectivity index is 1.39. The molecule has 1 aliphatic heterocycles. The van der Waals surface area contributed by atoms with E-state index in [1.807, 2.05) is 71.6 Å². The molecule has 1 heterocycles. The van der Waals surface area contributed by atoms with Crippen molar-refractivity contribution < 1.29 is 9.59 Å². The van der Waals surface area contributed by atoms with Crippen LogP contribution in [0.4, 0.5) is 0 Å². The van der Waals surface area contributed by atoms with Gasteiger partial charge in [0.2, 0.25) is 5.91 Å². The molecule has 3 aromatic carbocycles. The van der Waals surface area contributed by atoms with Crippen molar-refractivity contribution in [2.24, 2.45) is 5.73 Å². The zero-order chi connectivity index (χ0) is 24.8. The molecule has 0 radical (unpaired) electrons. The molecule has 0 saturated carbocycles. The van der Waals surface area contributed by atoms with E-state index in [1.54, 1.807) is 0 Å². The number of amides is 2. The second-order valence-electron chi connectivity index (χ2n) is 9.29. The minimum absolute atomic E-state index is 0.0178. The summed E-state index contributed by atoms with van der Waals surface area (Å²) in [4.78, 5) is 28.0. The number of halogens is 1. The summed E-state index contributed by atoms with van der Waals surface area (Å²) in [6.07, 6.45) is 1.30. The highest BCUT2D eigenvalue weighted by atomic mass is 35.5. The molecular formula is C28H33ClN4O2. The summed E-state index contributed by atoms with van der Waals surface area (Å²) < 4.78 is 0. The molecule has 6 nitrogen and oxygen atoms in total. The van der Waals surface area contributed by atoms with Gasteiger partial charge in [-0.05, 0) is 65.9 Å². The smallest absolute Gasteiger partial charge is 0.251 e. The molecule has 0 bridgehead atoms. The number of fused-ring (bicyclic) bond motifs is 1. The molecule has 35 heavy (non-hydrogen) atoms. The molecule has 4 N–H and O–H groups in total. The van der Waals surface area contributed by atoms with Gasteiger partial charge in [0, 0.05) is 36.3 Å². The number of rotatable bonds is 8. The molecule has 7 heteroatoms. The van der Waals surface area contributed by atoms with Gasteiger partial charge in [-0.15, -0.1) is 0 Å². The van der Waals surface area contributed by atoms with Crippen LogP contribution >= 0.6 is 11.6 Å². The second-order valence-corrected chi connectivity index (χ2v) is 9.73. The van der Waals surface area contributed by atoms with Gasteiger partial charge in [0.05, 0.1) is 6.04 Å². The van der Waals surface area contributed by atoms with Crippen molar-refractivity contribution >= 4 is 34.2 Å². The van der Waals surface area contributed by atoms with Gasteiger partial charge in [-0.3, -0.25) is 9.59 Å². The van der Waals surface area contributed by atoms with Crippen LogP contribution in [0.15, 0.2) is 66.7 Å². The maximum absolute atomic E-state index is 13.3. The quantitative estimate of drug-likeness (QED) is 0.444. The van der Waals surface area contributed by atoms with Gasteiger partial charge in [-0.1, -0.05) is 61.0 Å². The maximum atomic E-state index is 13.3. The van der Waals surface area contributed by atoms with Crippen LogP contribution in [0.3, 0.4) is 0 Å². The summed E-state index contributed by atoms with van der Waals surface area (Å²) in [6.45, 7) is 4.23. The monoisotopic (exact) mass is 492 g/mol. The van der Waals surface area contributed by atoms with E-state index in [1.165, 1.54) is 0 Å². The lowest BCUT2D eigenvalue weighted by Crippen LogP contribution is -2.49. The van der Waals surface area contributed by atoms with Crippen LogP contribution in [0.25, 0.3) is 10.8 Å². The molecule has 3 aromatic rings. The molecule has 2 amide bonds. The van der Waals surface area contributed by atoms with Gasteiger partial charge in [0.25, 0.3) is 5.91 Å². The summed E-state index contributed by atoms with van der Waals surface area (Å²) in [5.41, 5.74) is 7.60. The van der Waals surface area contributed by atoms with E-state index < -0.39 is 0 Å². The van der Waals surface area contributed by atoms with Crippen molar-refractivity contribution in [1.82, 2.24) is 15.5 Å². The number of nitrogens with one attached hydrogen (secondary N) is 2.